The number of likely N-dealkylation sites (tertiary alicyclic amines) is 1. The van der Waals surface area contributed by atoms with Crippen molar-refractivity contribution in [2.45, 2.75) is 83.4 Å². The van der Waals surface area contributed by atoms with Crippen molar-refractivity contribution in [2.24, 2.45) is 0 Å². The molecule has 0 saturated carbocycles. The van der Waals surface area contributed by atoms with Crippen molar-refractivity contribution >= 4 is 48.5 Å². The first-order valence-corrected chi connectivity index (χ1v) is 29.7. The molecule has 15 heteroatoms. The van der Waals surface area contributed by atoms with E-state index in [0.717, 1.165) is 38.2 Å². The summed E-state index contributed by atoms with van der Waals surface area (Å²) in [5, 5.41) is 1.53. The highest BCUT2D eigenvalue weighted by Gasteiger charge is 2.51. The Morgan fingerprint density at radius 2 is 0.817 bits per heavy atom. The Morgan fingerprint density at radius 1 is 0.476 bits per heavy atom. The first kappa shape index (κ1) is 60.1. The Balaban J connectivity index is 1.19. The van der Waals surface area contributed by atoms with Crippen LogP contribution in [0.3, 0.4) is 0 Å². The van der Waals surface area contributed by atoms with Gasteiger partial charge in [-0.1, -0.05) is 233 Å². The molecule has 82 heavy (non-hydrogen) atoms. The molecular weight excluding hydrogens is 1050 g/mol. The second kappa shape index (κ2) is 30.1. The monoisotopic (exact) mass is 1120 g/mol. The lowest BCUT2D eigenvalue weighted by atomic mass is 10.1. The van der Waals surface area contributed by atoms with Crippen LogP contribution in [0.5, 0.6) is 0 Å². The lowest BCUT2D eigenvalue weighted by molar-refractivity contribution is -0.154. The van der Waals surface area contributed by atoms with E-state index in [1.807, 2.05) is 193 Å². The van der Waals surface area contributed by atoms with E-state index in [-0.39, 0.29) is 85.3 Å². The van der Waals surface area contributed by atoms with Crippen LogP contribution in [0.4, 0.5) is 0 Å². The fourth-order valence-electron chi connectivity index (χ4n) is 10.4. The van der Waals surface area contributed by atoms with Crippen molar-refractivity contribution in [3.8, 4) is 0 Å². The molecule has 0 aromatic heterocycles. The summed E-state index contributed by atoms with van der Waals surface area (Å²) in [5.74, 6) is -2.87. The average molecular weight is 1120 g/mol. The molecule has 7 aromatic carbocycles. The van der Waals surface area contributed by atoms with E-state index in [1.165, 1.54) is 0 Å². The molecule has 7 aromatic rings. The third-order valence-corrected chi connectivity index (χ3v) is 19.6. The fourth-order valence-corrected chi connectivity index (χ4v) is 15.0. The van der Waals surface area contributed by atoms with Crippen molar-refractivity contribution in [1.29, 1.82) is 0 Å². The number of nitrogens with zero attached hydrogens (tertiary/aromatic N) is 3. The van der Waals surface area contributed by atoms with Crippen LogP contribution in [-0.2, 0) is 85.1 Å². The number of carbonyl (C=O) groups excluding carboxylic acids is 5. The van der Waals surface area contributed by atoms with E-state index in [4.69, 9.17) is 28.1 Å². The minimum absolute atomic E-state index is 0.0000209. The Kier molecular flexibility index (Phi) is 22.1. The average Bonchev–Trinajstić information content (AvgIpc) is 2.84. The molecule has 14 nitrogen and oxygen atoms in total. The zero-order chi connectivity index (χ0) is 57.6. The SMILES string of the molecule is CC(C)(C)[Si](OC[C@@H](CN(CC(=O)OCc1ccccc1)[C@H]1C[C@@H](C(=O)OCc2ccccc2)N(CC(=O)OCc2ccccc2)C1)N(CC(=O)OCc1ccccc1)CC(=O)OCc1ccccc1)(c1ccccc1)c1ccccc1. The lowest BCUT2D eigenvalue weighted by Gasteiger charge is -2.45. The van der Waals surface area contributed by atoms with Gasteiger partial charge in [0.25, 0.3) is 8.32 Å². The summed E-state index contributed by atoms with van der Waals surface area (Å²) in [5.41, 5.74) is 3.94. The molecule has 0 amide bonds. The van der Waals surface area contributed by atoms with E-state index < -0.39 is 61.3 Å². The van der Waals surface area contributed by atoms with E-state index in [2.05, 4.69) is 45.0 Å². The first-order valence-electron chi connectivity index (χ1n) is 27.8. The highest BCUT2D eigenvalue weighted by Crippen LogP contribution is 2.37. The zero-order valence-electron chi connectivity index (χ0n) is 47.0. The number of benzene rings is 7. The van der Waals surface area contributed by atoms with Gasteiger partial charge in [0.2, 0.25) is 0 Å². The van der Waals surface area contributed by atoms with Gasteiger partial charge in [0.05, 0.1) is 32.8 Å². The summed E-state index contributed by atoms with van der Waals surface area (Å²) in [6.45, 7) is 5.30. The summed E-state index contributed by atoms with van der Waals surface area (Å²) in [6, 6.07) is 64.6. The molecule has 1 aliphatic heterocycles. The second-order valence-corrected chi connectivity index (χ2v) is 25.8. The number of rotatable bonds is 28. The van der Waals surface area contributed by atoms with Crippen molar-refractivity contribution < 1.29 is 52.1 Å². The zero-order valence-corrected chi connectivity index (χ0v) is 48.0. The van der Waals surface area contributed by atoms with E-state index in [0.29, 0.717) is 0 Å². The van der Waals surface area contributed by atoms with Gasteiger partial charge in [-0.15, -0.1) is 0 Å². The summed E-state index contributed by atoms with van der Waals surface area (Å²) < 4.78 is 37.3. The Labute approximate surface area is 482 Å². The van der Waals surface area contributed by atoms with Crippen LogP contribution in [0.2, 0.25) is 5.04 Å². The molecule has 3 atom stereocenters. The molecule has 0 spiro atoms. The quantitative estimate of drug-likeness (QED) is 0.0261. The van der Waals surface area contributed by atoms with Crippen LogP contribution in [0.15, 0.2) is 212 Å². The van der Waals surface area contributed by atoms with Crippen LogP contribution >= 0.6 is 0 Å². The Hall–Kier alpha value is -8.05. The van der Waals surface area contributed by atoms with Gasteiger partial charge in [-0.3, -0.25) is 38.7 Å². The molecule has 0 aliphatic carbocycles. The molecule has 426 valence electrons. The molecule has 0 bridgehead atoms. The predicted octanol–water partition coefficient (Wildman–Crippen LogP) is 8.70. The smallest absolute Gasteiger partial charge is 0.323 e. The molecule has 1 saturated heterocycles. The van der Waals surface area contributed by atoms with Crippen LogP contribution in [0.25, 0.3) is 0 Å². The van der Waals surface area contributed by atoms with Crippen molar-refractivity contribution in [3.05, 3.63) is 240 Å². The van der Waals surface area contributed by atoms with Crippen LogP contribution in [0.1, 0.15) is 55.0 Å². The topological polar surface area (TPSA) is 150 Å². The Bertz CT molecular complexity index is 2990. The molecule has 8 rings (SSSR count). The van der Waals surface area contributed by atoms with Gasteiger partial charge in [-0.25, -0.2) is 0 Å². The maximum Gasteiger partial charge on any atom is 0.323 e. The molecule has 0 unspecified atom stereocenters. The first-order chi connectivity index (χ1) is 39.8. The van der Waals surface area contributed by atoms with Crippen molar-refractivity contribution in [2.75, 3.05) is 45.9 Å². The maximum atomic E-state index is 14.5. The highest BCUT2D eigenvalue weighted by molar-refractivity contribution is 6.99. The van der Waals surface area contributed by atoms with E-state index in [1.54, 1.807) is 9.80 Å². The second-order valence-electron chi connectivity index (χ2n) is 21.5. The highest BCUT2D eigenvalue weighted by atomic mass is 28.4. The molecule has 1 aliphatic rings. The van der Waals surface area contributed by atoms with Crippen molar-refractivity contribution in [1.82, 2.24) is 14.7 Å². The minimum Gasteiger partial charge on any atom is -0.460 e. The summed E-state index contributed by atoms with van der Waals surface area (Å²) in [6.07, 6.45) is 0.131. The third kappa shape index (κ3) is 17.5. The number of hydrogen-bond donors (Lipinski definition) is 0. The van der Waals surface area contributed by atoms with Gasteiger partial charge in [0.15, 0.2) is 0 Å². The van der Waals surface area contributed by atoms with Gasteiger partial charge in [-0.05, 0) is 49.6 Å². The molecule has 0 radical (unpaired) electrons. The van der Waals surface area contributed by atoms with Crippen molar-refractivity contribution in [3.63, 3.8) is 0 Å². The molecule has 0 N–H and O–H groups in total. The van der Waals surface area contributed by atoms with Gasteiger partial charge in [-0.2, -0.15) is 0 Å². The lowest BCUT2D eigenvalue weighted by Crippen LogP contribution is -2.68. The van der Waals surface area contributed by atoms with Gasteiger partial charge < -0.3 is 28.1 Å². The Morgan fingerprint density at radius 3 is 1.20 bits per heavy atom. The molecule has 1 heterocycles. The number of esters is 5. The van der Waals surface area contributed by atoms with Crippen LogP contribution < -0.4 is 10.4 Å². The van der Waals surface area contributed by atoms with E-state index in [9.17, 15) is 24.0 Å². The predicted molar refractivity (Wildman–Crippen MR) is 315 cm³/mol. The number of ether oxygens (including phenoxy) is 5. The summed E-state index contributed by atoms with van der Waals surface area (Å²) in [4.78, 5) is 76.9. The third-order valence-electron chi connectivity index (χ3n) is 14.6. The van der Waals surface area contributed by atoms with Gasteiger partial charge >= 0.3 is 29.8 Å². The fraction of sp³-hybridized carbons (Fsp3) is 0.299. The standard InChI is InChI=1S/C67H73N3O11Si/c1-67(2,3)82(59-35-21-9-22-36-59,60-37-23-10-24-38-60)81-51-58(69(43-63(72)77-47-53-27-13-5-14-28-53)44-64(73)78-48-54-29-15-6-16-30-54)41-68(42-62(71)76-46-52-25-11-4-12-26-52)57-39-61(66(75)80-50-56-33-19-8-20-34-56)70(40-57)45-65(74)79-49-55-31-17-7-18-32-55/h4-38,57-58,61H,39-51H2,1-3H3/t57-,58+,61-/m0/s1. The summed E-state index contributed by atoms with van der Waals surface area (Å²) in [7, 11) is -3.34. The largest absolute Gasteiger partial charge is 0.460 e. The molecular formula is C67H73N3O11Si. The normalized spacial score (nSPS) is 14.9. The van der Waals surface area contributed by atoms with Crippen LogP contribution in [0, 0.1) is 0 Å². The van der Waals surface area contributed by atoms with Gasteiger partial charge in [0.1, 0.15) is 39.1 Å². The number of carbonyl (C=O) groups is 5. The van der Waals surface area contributed by atoms with E-state index >= 15 is 0 Å². The number of hydrogen-bond acceptors (Lipinski definition) is 14. The maximum absolute atomic E-state index is 14.5. The summed E-state index contributed by atoms with van der Waals surface area (Å²) >= 11 is 0. The van der Waals surface area contributed by atoms with Gasteiger partial charge in [0, 0.05) is 25.2 Å². The minimum atomic E-state index is -3.34. The molecule has 1 fully saturated rings. The van der Waals surface area contributed by atoms with Crippen LogP contribution in [-0.4, -0.2) is 117 Å².